The lowest BCUT2D eigenvalue weighted by atomic mass is 9.96. The maximum atomic E-state index is 12.0. The molecule has 2 N–H and O–H groups in total. The van der Waals surface area contributed by atoms with Crippen LogP contribution in [0.5, 0.6) is 5.75 Å². The third-order valence-electron chi connectivity index (χ3n) is 3.55. The lowest BCUT2D eigenvalue weighted by Gasteiger charge is -2.26. The molecule has 1 aromatic rings. The van der Waals surface area contributed by atoms with E-state index in [2.05, 4.69) is 19.2 Å². The van der Waals surface area contributed by atoms with Gasteiger partial charge in [0.1, 0.15) is 18.0 Å². The molecule has 5 nitrogen and oxygen atoms in total. The SMILES string of the molecule is CC(C)[C@H](CCc1ccccc1OCCO)NC(=O)OC(C)(C)C. The molecular weight excluding hydrogens is 306 g/mol. The molecule has 0 aliphatic carbocycles. The fraction of sp³-hybridized carbons (Fsp3) is 0.632. The second-order valence-corrected chi connectivity index (χ2v) is 7.22. The Balaban J connectivity index is 2.65. The van der Waals surface area contributed by atoms with Crippen LogP contribution < -0.4 is 10.1 Å². The first kappa shape index (κ1) is 20.3. The number of para-hydroxylation sites is 1. The molecule has 0 aliphatic heterocycles. The number of amides is 1. The van der Waals surface area contributed by atoms with E-state index in [4.69, 9.17) is 14.6 Å². The number of alkyl carbamates (subject to hydrolysis) is 1. The number of aliphatic hydroxyl groups excluding tert-OH is 1. The fourth-order valence-electron chi connectivity index (χ4n) is 2.35. The van der Waals surface area contributed by atoms with Gasteiger partial charge in [0.15, 0.2) is 0 Å². The summed E-state index contributed by atoms with van der Waals surface area (Å²) < 4.78 is 10.9. The van der Waals surface area contributed by atoms with Gasteiger partial charge >= 0.3 is 6.09 Å². The minimum Gasteiger partial charge on any atom is -0.491 e. The van der Waals surface area contributed by atoms with Crippen LogP contribution in [0.1, 0.15) is 46.6 Å². The molecule has 0 aromatic heterocycles. The highest BCUT2D eigenvalue weighted by Gasteiger charge is 2.21. The Morgan fingerprint density at radius 2 is 1.92 bits per heavy atom. The highest BCUT2D eigenvalue weighted by Crippen LogP contribution is 2.21. The Morgan fingerprint density at radius 1 is 1.25 bits per heavy atom. The Hall–Kier alpha value is -1.75. The number of ether oxygens (including phenoxy) is 2. The van der Waals surface area contributed by atoms with Crippen molar-refractivity contribution in [2.75, 3.05) is 13.2 Å². The third-order valence-corrected chi connectivity index (χ3v) is 3.55. The average molecular weight is 337 g/mol. The van der Waals surface area contributed by atoms with Crippen LogP contribution >= 0.6 is 0 Å². The zero-order chi connectivity index (χ0) is 18.2. The summed E-state index contributed by atoms with van der Waals surface area (Å²) in [4.78, 5) is 12.0. The number of carbonyl (C=O) groups is 1. The summed E-state index contributed by atoms with van der Waals surface area (Å²) in [6.07, 6.45) is 1.18. The van der Waals surface area contributed by atoms with E-state index in [1.807, 2.05) is 45.0 Å². The van der Waals surface area contributed by atoms with Crippen LogP contribution in [0.3, 0.4) is 0 Å². The van der Waals surface area contributed by atoms with Crippen LogP contribution in [0.25, 0.3) is 0 Å². The van der Waals surface area contributed by atoms with Gasteiger partial charge in [0.05, 0.1) is 6.61 Å². The van der Waals surface area contributed by atoms with Gasteiger partial charge in [-0.1, -0.05) is 32.0 Å². The van der Waals surface area contributed by atoms with Gasteiger partial charge in [0.25, 0.3) is 0 Å². The van der Waals surface area contributed by atoms with E-state index in [-0.39, 0.29) is 25.3 Å². The summed E-state index contributed by atoms with van der Waals surface area (Å²) in [5.74, 6) is 1.08. The van der Waals surface area contributed by atoms with Crippen LogP contribution in [0.2, 0.25) is 0 Å². The molecule has 1 atom stereocenters. The Morgan fingerprint density at radius 3 is 2.50 bits per heavy atom. The number of aliphatic hydroxyl groups is 1. The molecular formula is C19H31NO4. The van der Waals surface area contributed by atoms with Gasteiger partial charge in [-0.25, -0.2) is 4.79 Å². The normalized spacial score (nSPS) is 12.8. The van der Waals surface area contributed by atoms with Gasteiger partial charge in [-0.05, 0) is 51.2 Å². The van der Waals surface area contributed by atoms with E-state index in [0.29, 0.717) is 5.92 Å². The number of hydrogen-bond donors (Lipinski definition) is 2. The Labute approximate surface area is 145 Å². The number of carbonyl (C=O) groups excluding carboxylic acids is 1. The molecule has 0 saturated heterocycles. The van der Waals surface area contributed by atoms with E-state index in [1.54, 1.807) is 0 Å². The summed E-state index contributed by atoms with van der Waals surface area (Å²) in [5.41, 5.74) is 0.568. The molecule has 1 aromatic carbocycles. The number of aryl methyl sites for hydroxylation is 1. The molecule has 0 bridgehead atoms. The molecule has 1 amide bonds. The number of hydrogen-bond acceptors (Lipinski definition) is 4. The lowest BCUT2D eigenvalue weighted by molar-refractivity contribution is 0.0487. The van der Waals surface area contributed by atoms with Crippen molar-refractivity contribution in [3.05, 3.63) is 29.8 Å². The van der Waals surface area contributed by atoms with Gasteiger partial charge < -0.3 is 19.9 Å². The maximum Gasteiger partial charge on any atom is 0.407 e. The van der Waals surface area contributed by atoms with E-state index >= 15 is 0 Å². The predicted octanol–water partition coefficient (Wildman–Crippen LogP) is 3.54. The van der Waals surface area contributed by atoms with Gasteiger partial charge in [-0.15, -0.1) is 0 Å². The smallest absolute Gasteiger partial charge is 0.407 e. The monoisotopic (exact) mass is 337 g/mol. The van der Waals surface area contributed by atoms with Crippen molar-refractivity contribution in [3.63, 3.8) is 0 Å². The molecule has 24 heavy (non-hydrogen) atoms. The zero-order valence-electron chi connectivity index (χ0n) is 15.5. The van der Waals surface area contributed by atoms with Gasteiger partial charge in [-0.3, -0.25) is 0 Å². The minimum atomic E-state index is -0.504. The summed E-state index contributed by atoms with van der Waals surface area (Å²) in [7, 11) is 0. The quantitative estimate of drug-likeness (QED) is 0.761. The van der Waals surface area contributed by atoms with Crippen LogP contribution in [0.4, 0.5) is 4.79 Å². The van der Waals surface area contributed by atoms with Gasteiger partial charge in [0, 0.05) is 6.04 Å². The van der Waals surface area contributed by atoms with E-state index in [0.717, 1.165) is 24.2 Å². The second kappa shape index (κ2) is 9.52. The highest BCUT2D eigenvalue weighted by atomic mass is 16.6. The molecule has 1 rings (SSSR count). The first-order valence-electron chi connectivity index (χ1n) is 8.54. The van der Waals surface area contributed by atoms with Crippen LogP contribution in [-0.4, -0.2) is 36.1 Å². The number of benzene rings is 1. The molecule has 0 unspecified atom stereocenters. The minimum absolute atomic E-state index is 0.0108. The van der Waals surface area contributed by atoms with Crippen molar-refractivity contribution in [1.29, 1.82) is 0 Å². The Kier molecular flexibility index (Phi) is 8.05. The van der Waals surface area contributed by atoms with Crippen LogP contribution in [0, 0.1) is 5.92 Å². The number of nitrogens with one attached hydrogen (secondary N) is 1. The van der Waals surface area contributed by atoms with Crippen molar-refractivity contribution >= 4 is 6.09 Å². The van der Waals surface area contributed by atoms with E-state index in [9.17, 15) is 4.79 Å². The molecule has 136 valence electrons. The molecule has 0 heterocycles. The predicted molar refractivity (Wildman–Crippen MR) is 95.3 cm³/mol. The zero-order valence-corrected chi connectivity index (χ0v) is 15.5. The number of rotatable bonds is 8. The van der Waals surface area contributed by atoms with Crippen molar-refractivity contribution in [3.8, 4) is 5.75 Å². The Bertz CT molecular complexity index is 508. The maximum absolute atomic E-state index is 12.0. The molecule has 0 aliphatic rings. The largest absolute Gasteiger partial charge is 0.491 e. The van der Waals surface area contributed by atoms with E-state index in [1.165, 1.54) is 0 Å². The first-order chi connectivity index (χ1) is 11.2. The highest BCUT2D eigenvalue weighted by molar-refractivity contribution is 5.68. The van der Waals surface area contributed by atoms with E-state index < -0.39 is 5.60 Å². The molecule has 0 radical (unpaired) electrons. The fourth-order valence-corrected chi connectivity index (χ4v) is 2.35. The van der Waals surface area contributed by atoms with Crippen molar-refractivity contribution in [2.24, 2.45) is 5.92 Å². The van der Waals surface area contributed by atoms with Crippen LogP contribution in [0.15, 0.2) is 24.3 Å². The third kappa shape index (κ3) is 7.68. The molecule has 0 fully saturated rings. The standard InChI is InChI=1S/C19H31NO4/c1-14(2)16(20-18(22)24-19(3,4)5)11-10-15-8-6-7-9-17(15)23-13-12-21/h6-9,14,16,21H,10-13H2,1-5H3,(H,20,22)/t16-/m0/s1. The van der Waals surface area contributed by atoms with Crippen molar-refractivity contribution < 1.29 is 19.4 Å². The molecule has 0 saturated carbocycles. The summed E-state index contributed by atoms with van der Waals surface area (Å²) in [6, 6.07) is 7.81. The van der Waals surface area contributed by atoms with Crippen LogP contribution in [-0.2, 0) is 11.2 Å². The molecule has 5 heteroatoms. The summed E-state index contributed by atoms with van der Waals surface area (Å²) in [6.45, 7) is 9.99. The second-order valence-electron chi connectivity index (χ2n) is 7.22. The lowest BCUT2D eigenvalue weighted by Crippen LogP contribution is -2.42. The average Bonchev–Trinajstić information content (AvgIpc) is 2.48. The first-order valence-corrected chi connectivity index (χ1v) is 8.54. The summed E-state index contributed by atoms with van der Waals surface area (Å²) >= 11 is 0. The van der Waals surface area contributed by atoms with Crippen molar-refractivity contribution in [1.82, 2.24) is 5.32 Å². The van der Waals surface area contributed by atoms with Gasteiger partial charge in [0.2, 0.25) is 0 Å². The van der Waals surface area contributed by atoms with Crippen molar-refractivity contribution in [2.45, 2.75) is 59.1 Å². The topological polar surface area (TPSA) is 67.8 Å². The molecule has 0 spiro atoms. The van der Waals surface area contributed by atoms with Gasteiger partial charge in [-0.2, -0.15) is 0 Å². The summed E-state index contributed by atoms with van der Waals surface area (Å²) in [5, 5.41) is 11.9.